The molecule has 1 atom stereocenters. The van der Waals surface area contributed by atoms with E-state index in [2.05, 4.69) is 0 Å². The van der Waals surface area contributed by atoms with Gasteiger partial charge in [-0.2, -0.15) is 0 Å². The van der Waals surface area contributed by atoms with E-state index in [1.165, 1.54) is 11.1 Å². The summed E-state index contributed by atoms with van der Waals surface area (Å²) in [6.45, 7) is 4.47. The van der Waals surface area contributed by atoms with Gasteiger partial charge in [-0.15, -0.1) is 0 Å². The van der Waals surface area contributed by atoms with Crippen molar-refractivity contribution in [2.24, 2.45) is 5.73 Å². The van der Waals surface area contributed by atoms with Crippen LogP contribution in [0.3, 0.4) is 0 Å². The third kappa shape index (κ3) is 1.90. The first-order valence-corrected chi connectivity index (χ1v) is 5.19. The van der Waals surface area contributed by atoms with Crippen molar-refractivity contribution in [3.63, 3.8) is 0 Å². The van der Waals surface area contributed by atoms with Crippen LogP contribution >= 0.6 is 12.2 Å². The highest BCUT2D eigenvalue weighted by molar-refractivity contribution is 7.80. The van der Waals surface area contributed by atoms with Crippen LogP contribution in [-0.2, 0) is 0 Å². The normalized spacial score (nSPS) is 18.7. The van der Waals surface area contributed by atoms with E-state index in [1.54, 1.807) is 0 Å². The molecule has 1 aromatic carbocycles. The smallest absolute Gasteiger partial charge is 0.182 e. The molecule has 0 aromatic heterocycles. The van der Waals surface area contributed by atoms with Crippen molar-refractivity contribution in [2.75, 3.05) is 6.61 Å². The molecule has 1 unspecified atom stereocenters. The zero-order chi connectivity index (χ0) is 11.0. The van der Waals surface area contributed by atoms with Gasteiger partial charge in [0, 0.05) is 0 Å². The highest BCUT2D eigenvalue weighted by Gasteiger charge is 2.23. The first-order chi connectivity index (χ1) is 7.08. The second-order valence-corrected chi connectivity index (χ2v) is 4.17. The van der Waals surface area contributed by atoms with E-state index < -0.39 is 0 Å². The Labute approximate surface area is 94.2 Å². The van der Waals surface area contributed by atoms with Crippen LogP contribution in [-0.4, -0.2) is 17.7 Å². The van der Waals surface area contributed by atoms with Crippen LogP contribution in [0.4, 0.5) is 0 Å². The van der Waals surface area contributed by atoms with Gasteiger partial charge in [0.15, 0.2) is 17.6 Å². The molecule has 0 saturated heterocycles. The van der Waals surface area contributed by atoms with Crippen LogP contribution in [0.5, 0.6) is 11.5 Å². The highest BCUT2D eigenvalue weighted by atomic mass is 32.1. The first-order valence-electron chi connectivity index (χ1n) is 4.78. The van der Waals surface area contributed by atoms with Gasteiger partial charge >= 0.3 is 0 Å². The van der Waals surface area contributed by atoms with Gasteiger partial charge in [0.2, 0.25) is 0 Å². The van der Waals surface area contributed by atoms with Gasteiger partial charge in [0.1, 0.15) is 11.6 Å². The van der Waals surface area contributed by atoms with Gasteiger partial charge in [0.05, 0.1) is 0 Å². The van der Waals surface area contributed by atoms with Crippen LogP contribution in [0.2, 0.25) is 0 Å². The average Bonchev–Trinajstić information content (AvgIpc) is 2.19. The topological polar surface area (TPSA) is 44.5 Å². The van der Waals surface area contributed by atoms with Crippen LogP contribution in [0.1, 0.15) is 11.1 Å². The number of benzene rings is 1. The molecule has 2 rings (SSSR count). The number of aryl methyl sites for hydroxylation is 2. The van der Waals surface area contributed by atoms with Gasteiger partial charge in [-0.3, -0.25) is 0 Å². The average molecular weight is 223 g/mol. The second kappa shape index (κ2) is 3.70. The maximum atomic E-state index is 5.64. The van der Waals surface area contributed by atoms with Crippen LogP contribution in [0.25, 0.3) is 0 Å². The van der Waals surface area contributed by atoms with Gasteiger partial charge in [-0.1, -0.05) is 12.2 Å². The molecule has 0 fully saturated rings. The summed E-state index contributed by atoms with van der Waals surface area (Å²) in [5, 5.41) is 0. The van der Waals surface area contributed by atoms with E-state index in [0.717, 1.165) is 11.5 Å². The molecule has 0 spiro atoms. The molecule has 80 valence electrons. The largest absolute Gasteiger partial charge is 0.485 e. The zero-order valence-corrected chi connectivity index (χ0v) is 9.56. The molecule has 15 heavy (non-hydrogen) atoms. The van der Waals surface area contributed by atoms with Crippen molar-refractivity contribution in [1.29, 1.82) is 0 Å². The standard InChI is InChI=1S/C11H13NO2S/c1-6-3-8-9(4-7(6)2)14-10(5-13-8)11(12)15/h3-4,10H,5H2,1-2H3,(H2,12,15). The quantitative estimate of drug-likeness (QED) is 0.736. The summed E-state index contributed by atoms with van der Waals surface area (Å²) < 4.78 is 11.2. The third-order valence-corrected chi connectivity index (χ3v) is 2.80. The van der Waals surface area contributed by atoms with E-state index in [0.29, 0.717) is 11.6 Å². The number of fused-ring (bicyclic) bond motifs is 1. The fraction of sp³-hybridized carbons (Fsp3) is 0.364. The Morgan fingerprint density at radius 1 is 1.33 bits per heavy atom. The summed E-state index contributed by atoms with van der Waals surface area (Å²) in [5.74, 6) is 1.49. The maximum absolute atomic E-state index is 5.64. The minimum absolute atomic E-state index is 0.311. The fourth-order valence-corrected chi connectivity index (χ4v) is 1.58. The molecular formula is C11H13NO2S. The molecule has 0 amide bonds. The molecule has 3 nitrogen and oxygen atoms in total. The molecule has 0 radical (unpaired) electrons. The van der Waals surface area contributed by atoms with Gasteiger partial charge in [-0.25, -0.2) is 0 Å². The van der Waals surface area contributed by atoms with Gasteiger partial charge < -0.3 is 15.2 Å². The van der Waals surface area contributed by atoms with Crippen molar-refractivity contribution in [3.8, 4) is 11.5 Å². The lowest BCUT2D eigenvalue weighted by Gasteiger charge is -2.26. The van der Waals surface area contributed by atoms with Crippen molar-refractivity contribution < 1.29 is 9.47 Å². The Balaban J connectivity index is 2.34. The summed E-state index contributed by atoms with van der Waals surface area (Å²) in [6.07, 6.45) is -0.311. The number of ether oxygens (including phenoxy) is 2. The fourth-order valence-electron chi connectivity index (χ4n) is 1.46. The molecule has 1 aliphatic rings. The molecule has 4 heteroatoms. The summed E-state index contributed by atoms with van der Waals surface area (Å²) in [5.41, 5.74) is 7.87. The lowest BCUT2D eigenvalue weighted by atomic mass is 10.1. The third-order valence-electron chi connectivity index (χ3n) is 2.54. The van der Waals surface area contributed by atoms with E-state index in [9.17, 15) is 0 Å². The number of hydrogen-bond donors (Lipinski definition) is 1. The molecule has 0 aliphatic carbocycles. The molecule has 1 heterocycles. The molecular weight excluding hydrogens is 210 g/mol. The van der Waals surface area contributed by atoms with Crippen molar-refractivity contribution in [3.05, 3.63) is 23.3 Å². The monoisotopic (exact) mass is 223 g/mol. The minimum Gasteiger partial charge on any atom is -0.485 e. The Morgan fingerprint density at radius 3 is 2.53 bits per heavy atom. The SMILES string of the molecule is Cc1cc2c(cc1C)OC(C(N)=S)CO2. The predicted octanol–water partition coefficient (Wildman–Crippen LogP) is 1.73. The first kappa shape index (κ1) is 10.2. The highest BCUT2D eigenvalue weighted by Crippen LogP contribution is 2.34. The predicted molar refractivity (Wildman–Crippen MR) is 62.6 cm³/mol. The van der Waals surface area contributed by atoms with E-state index in [-0.39, 0.29) is 6.10 Å². The van der Waals surface area contributed by atoms with Crippen molar-refractivity contribution >= 4 is 17.2 Å². The minimum atomic E-state index is -0.311. The second-order valence-electron chi connectivity index (χ2n) is 3.70. The Morgan fingerprint density at radius 2 is 1.93 bits per heavy atom. The summed E-state index contributed by atoms with van der Waals surface area (Å²) in [7, 11) is 0. The number of nitrogens with two attached hydrogens (primary N) is 1. The maximum Gasteiger partial charge on any atom is 0.182 e. The number of thiocarbonyl (C=S) groups is 1. The number of rotatable bonds is 1. The Hall–Kier alpha value is -1.29. The lowest BCUT2D eigenvalue weighted by Crippen LogP contribution is -2.39. The molecule has 2 N–H and O–H groups in total. The Kier molecular flexibility index (Phi) is 2.52. The molecule has 0 bridgehead atoms. The zero-order valence-electron chi connectivity index (χ0n) is 8.74. The van der Waals surface area contributed by atoms with E-state index >= 15 is 0 Å². The van der Waals surface area contributed by atoms with E-state index in [4.69, 9.17) is 27.4 Å². The summed E-state index contributed by atoms with van der Waals surface area (Å²) in [4.78, 5) is 0.332. The summed E-state index contributed by atoms with van der Waals surface area (Å²) >= 11 is 4.88. The lowest BCUT2D eigenvalue weighted by molar-refractivity contribution is 0.135. The Bertz CT molecular complexity index is 417. The van der Waals surface area contributed by atoms with Gasteiger partial charge in [0.25, 0.3) is 0 Å². The van der Waals surface area contributed by atoms with Crippen molar-refractivity contribution in [2.45, 2.75) is 20.0 Å². The van der Waals surface area contributed by atoms with E-state index in [1.807, 2.05) is 26.0 Å². The number of hydrogen-bond acceptors (Lipinski definition) is 3. The molecule has 0 saturated carbocycles. The van der Waals surface area contributed by atoms with Crippen LogP contribution < -0.4 is 15.2 Å². The van der Waals surface area contributed by atoms with Gasteiger partial charge in [-0.05, 0) is 37.1 Å². The summed E-state index contributed by atoms with van der Waals surface area (Å²) in [6, 6.07) is 3.93. The van der Waals surface area contributed by atoms with Crippen LogP contribution in [0, 0.1) is 13.8 Å². The molecule has 1 aliphatic heterocycles. The molecule has 1 aromatic rings. The van der Waals surface area contributed by atoms with Crippen molar-refractivity contribution in [1.82, 2.24) is 0 Å². The van der Waals surface area contributed by atoms with Crippen LogP contribution in [0.15, 0.2) is 12.1 Å².